The quantitative estimate of drug-likeness (QED) is 0.816. The zero-order valence-corrected chi connectivity index (χ0v) is 14.7. The molecular weight excluding hydrogens is 354 g/mol. The number of carboxylic acid groups (broad SMARTS) is 1. The number of ether oxygens (including phenoxy) is 2. The van der Waals surface area contributed by atoms with Crippen LogP contribution in [0.2, 0.25) is 0 Å². The van der Waals surface area contributed by atoms with Crippen molar-refractivity contribution in [2.24, 2.45) is 5.73 Å². The Morgan fingerprint density at radius 3 is 2.37 bits per heavy atom. The van der Waals surface area contributed by atoms with E-state index in [0.717, 1.165) is 0 Å². The molecule has 2 aromatic heterocycles. The molecule has 9 heteroatoms. The first kappa shape index (κ1) is 18.1. The molecule has 1 aliphatic carbocycles. The Kier molecular flexibility index (Phi) is 4.36. The molecule has 0 fully saturated rings. The summed E-state index contributed by atoms with van der Waals surface area (Å²) in [5.74, 6) is -2.64. The first-order chi connectivity index (χ1) is 12.8. The van der Waals surface area contributed by atoms with E-state index < -0.39 is 17.5 Å². The largest absolute Gasteiger partial charge is 0.491 e. The smallest absolute Gasteiger partial charge is 0.341 e. The van der Waals surface area contributed by atoms with Crippen LogP contribution in [-0.2, 0) is 4.74 Å². The molecule has 3 rings (SSSR count). The molecule has 138 valence electrons. The van der Waals surface area contributed by atoms with E-state index >= 15 is 0 Å². The van der Waals surface area contributed by atoms with Gasteiger partial charge >= 0.3 is 5.97 Å². The molecule has 2 aromatic rings. The second-order valence-electron chi connectivity index (χ2n) is 5.71. The molecule has 0 spiro atoms. The molecule has 0 atom stereocenters. The number of nitrogens with two attached hydrogens (primary N) is 1. The van der Waals surface area contributed by atoms with Gasteiger partial charge in [-0.2, -0.15) is 0 Å². The number of fused-ring (bicyclic) bond motifs is 1. The molecule has 0 radical (unpaired) electrons. The number of hydrogen-bond acceptors (Lipinski definition) is 8. The molecule has 0 unspecified atom stereocenters. The summed E-state index contributed by atoms with van der Waals surface area (Å²) in [6.07, 6.45) is 0. The van der Waals surface area contributed by atoms with Gasteiger partial charge in [-0.15, -0.1) is 0 Å². The maximum Gasteiger partial charge on any atom is 0.341 e. The number of carbonyl (C=O) groups excluding carboxylic acids is 2. The summed E-state index contributed by atoms with van der Waals surface area (Å²) >= 11 is 0. The molecule has 27 heavy (non-hydrogen) atoms. The SMILES string of the molecule is COC1=C(N)C(=O)c2nc(-c3cc(C)c(C(=O)O)c(OC)n3)ccc2C1=O. The second kappa shape index (κ2) is 6.52. The number of hydrogen-bond donors (Lipinski definition) is 2. The number of carbonyl (C=O) groups is 3. The fourth-order valence-electron chi connectivity index (χ4n) is 2.82. The molecule has 0 aromatic carbocycles. The molecule has 0 saturated carbocycles. The predicted molar refractivity (Wildman–Crippen MR) is 92.6 cm³/mol. The summed E-state index contributed by atoms with van der Waals surface area (Å²) in [5, 5.41) is 9.29. The van der Waals surface area contributed by atoms with Gasteiger partial charge in [0.25, 0.3) is 0 Å². The van der Waals surface area contributed by atoms with Crippen LogP contribution in [0.3, 0.4) is 0 Å². The molecule has 3 N–H and O–H groups in total. The summed E-state index contributed by atoms with van der Waals surface area (Å²) in [6, 6.07) is 4.44. The van der Waals surface area contributed by atoms with E-state index in [0.29, 0.717) is 5.56 Å². The van der Waals surface area contributed by atoms with Gasteiger partial charge in [0.1, 0.15) is 17.0 Å². The van der Waals surface area contributed by atoms with Crippen LogP contribution in [0.4, 0.5) is 0 Å². The van der Waals surface area contributed by atoms with E-state index in [1.807, 2.05) is 0 Å². The number of methoxy groups -OCH3 is 2. The average molecular weight is 369 g/mol. The van der Waals surface area contributed by atoms with E-state index in [1.54, 1.807) is 6.92 Å². The summed E-state index contributed by atoms with van der Waals surface area (Å²) < 4.78 is 9.97. The van der Waals surface area contributed by atoms with Crippen molar-refractivity contribution in [2.75, 3.05) is 14.2 Å². The van der Waals surface area contributed by atoms with Gasteiger partial charge in [-0.3, -0.25) is 9.59 Å². The minimum atomic E-state index is -1.17. The number of aryl methyl sites for hydroxylation is 1. The highest BCUT2D eigenvalue weighted by atomic mass is 16.5. The fraction of sp³-hybridized carbons (Fsp3) is 0.167. The molecule has 0 aliphatic heterocycles. The maximum atomic E-state index is 12.4. The number of rotatable bonds is 4. The van der Waals surface area contributed by atoms with Crippen molar-refractivity contribution < 1.29 is 29.0 Å². The highest BCUT2D eigenvalue weighted by molar-refractivity contribution is 6.25. The number of carboxylic acids is 1. The normalized spacial score (nSPS) is 13.4. The molecule has 2 heterocycles. The third-order valence-electron chi connectivity index (χ3n) is 4.11. The molecule has 0 bridgehead atoms. The van der Waals surface area contributed by atoms with Gasteiger partial charge in [0.2, 0.25) is 17.4 Å². The van der Waals surface area contributed by atoms with E-state index in [9.17, 15) is 19.5 Å². The van der Waals surface area contributed by atoms with Crippen molar-refractivity contribution in [1.82, 2.24) is 9.97 Å². The number of Topliss-reactive ketones (excluding diaryl/α,β-unsaturated/α-hetero) is 2. The maximum absolute atomic E-state index is 12.4. The van der Waals surface area contributed by atoms with Crippen LogP contribution in [0.1, 0.15) is 36.8 Å². The van der Waals surface area contributed by atoms with Gasteiger partial charge in [-0.05, 0) is 30.7 Å². The van der Waals surface area contributed by atoms with Crippen LogP contribution in [0.25, 0.3) is 11.4 Å². The van der Waals surface area contributed by atoms with Crippen molar-refractivity contribution in [3.05, 3.63) is 52.0 Å². The molecular formula is C18H15N3O6. The highest BCUT2D eigenvalue weighted by Gasteiger charge is 2.33. The number of aromatic nitrogens is 2. The molecule has 9 nitrogen and oxygen atoms in total. The fourth-order valence-corrected chi connectivity index (χ4v) is 2.82. The van der Waals surface area contributed by atoms with Gasteiger partial charge in [0, 0.05) is 0 Å². The van der Waals surface area contributed by atoms with Crippen molar-refractivity contribution >= 4 is 17.5 Å². The highest BCUT2D eigenvalue weighted by Crippen LogP contribution is 2.29. The Hall–Kier alpha value is -3.75. The number of pyridine rings is 2. The number of ketones is 2. The van der Waals surface area contributed by atoms with Gasteiger partial charge in [0.15, 0.2) is 5.76 Å². The second-order valence-corrected chi connectivity index (χ2v) is 5.71. The van der Waals surface area contributed by atoms with E-state index in [2.05, 4.69) is 9.97 Å². The Morgan fingerprint density at radius 2 is 1.78 bits per heavy atom. The monoisotopic (exact) mass is 369 g/mol. The van der Waals surface area contributed by atoms with E-state index in [4.69, 9.17) is 15.2 Å². The summed E-state index contributed by atoms with van der Waals surface area (Å²) in [5.41, 5.74) is 6.23. The molecule has 1 aliphatic rings. The summed E-state index contributed by atoms with van der Waals surface area (Å²) in [6.45, 7) is 1.59. The Bertz CT molecular complexity index is 1040. The van der Waals surface area contributed by atoms with Crippen molar-refractivity contribution in [3.63, 3.8) is 0 Å². The Labute approximate surface area is 153 Å². The molecule has 0 saturated heterocycles. The minimum absolute atomic E-state index is 0.0672. The number of allylic oxidation sites excluding steroid dienone is 2. The van der Waals surface area contributed by atoms with E-state index in [-0.39, 0.29) is 45.5 Å². The average Bonchev–Trinajstić information content (AvgIpc) is 2.65. The topological polar surface area (TPSA) is 142 Å². The number of aromatic carboxylic acids is 1. The summed E-state index contributed by atoms with van der Waals surface area (Å²) in [7, 11) is 2.56. The zero-order valence-electron chi connectivity index (χ0n) is 14.7. The van der Waals surface area contributed by atoms with Crippen LogP contribution in [0.15, 0.2) is 29.7 Å². The lowest BCUT2D eigenvalue weighted by Gasteiger charge is -2.17. The first-order valence-corrected chi connectivity index (χ1v) is 7.73. The van der Waals surface area contributed by atoms with Crippen LogP contribution in [0.5, 0.6) is 5.88 Å². The Balaban J connectivity index is 2.16. The third-order valence-corrected chi connectivity index (χ3v) is 4.11. The van der Waals surface area contributed by atoms with E-state index in [1.165, 1.54) is 32.4 Å². The zero-order chi connectivity index (χ0) is 19.9. The Morgan fingerprint density at radius 1 is 1.07 bits per heavy atom. The van der Waals surface area contributed by atoms with Gasteiger partial charge < -0.3 is 20.3 Å². The van der Waals surface area contributed by atoms with Crippen molar-refractivity contribution in [2.45, 2.75) is 6.92 Å². The lowest BCUT2D eigenvalue weighted by molar-refractivity contribution is 0.0691. The lowest BCUT2D eigenvalue weighted by atomic mass is 9.95. The molecule has 0 amide bonds. The van der Waals surface area contributed by atoms with Crippen LogP contribution >= 0.6 is 0 Å². The summed E-state index contributed by atoms with van der Waals surface area (Å²) in [4.78, 5) is 44.6. The van der Waals surface area contributed by atoms with Crippen LogP contribution in [-0.4, -0.2) is 46.8 Å². The van der Waals surface area contributed by atoms with Crippen molar-refractivity contribution in [3.8, 4) is 17.3 Å². The lowest BCUT2D eigenvalue weighted by Crippen LogP contribution is -2.28. The standard InChI is InChI=1S/C18H15N3O6/c1-7-6-10(21-17(27-3)11(7)18(24)25)9-5-4-8-13(20-9)15(23)12(19)16(26-2)14(8)22/h4-6H,19H2,1-3H3,(H,24,25). The number of nitrogens with zero attached hydrogens (tertiary/aromatic N) is 2. The first-order valence-electron chi connectivity index (χ1n) is 7.73. The minimum Gasteiger partial charge on any atom is -0.491 e. The van der Waals surface area contributed by atoms with Crippen molar-refractivity contribution in [1.29, 1.82) is 0 Å². The van der Waals surface area contributed by atoms with Crippen LogP contribution < -0.4 is 10.5 Å². The van der Waals surface area contributed by atoms with Gasteiger partial charge in [0.05, 0.1) is 31.2 Å². The van der Waals surface area contributed by atoms with Gasteiger partial charge in [-0.1, -0.05) is 0 Å². The van der Waals surface area contributed by atoms with Gasteiger partial charge in [-0.25, -0.2) is 14.8 Å². The third kappa shape index (κ3) is 2.78. The van der Waals surface area contributed by atoms with Crippen LogP contribution in [0, 0.1) is 6.92 Å². The predicted octanol–water partition coefficient (Wildman–Crippen LogP) is 1.35.